The van der Waals surface area contributed by atoms with E-state index in [0.29, 0.717) is 16.6 Å². The molecule has 1 saturated heterocycles. The van der Waals surface area contributed by atoms with Crippen molar-refractivity contribution in [3.05, 3.63) is 28.2 Å². The average molecular weight is 599 g/mol. The number of phenols is 1. The molecule has 3 rings (SSSR count). The van der Waals surface area contributed by atoms with E-state index in [2.05, 4.69) is 26.6 Å². The highest BCUT2D eigenvalue weighted by molar-refractivity contribution is 9.10. The molecule has 204 valence electrons. The van der Waals surface area contributed by atoms with E-state index in [-0.39, 0.29) is 41.5 Å². The lowest BCUT2D eigenvalue weighted by Gasteiger charge is -2.37. The predicted molar refractivity (Wildman–Crippen MR) is 145 cm³/mol. The minimum absolute atomic E-state index is 0.0391. The fourth-order valence-corrected chi connectivity index (χ4v) is 6.19. The largest absolute Gasteiger partial charge is 0.507 e. The molecule has 0 unspecified atom stereocenters. The number of hydrogen-bond acceptors (Lipinski definition) is 6. The van der Waals surface area contributed by atoms with Gasteiger partial charge in [0.25, 0.3) is 5.91 Å². The zero-order valence-electron chi connectivity index (χ0n) is 21.4. The van der Waals surface area contributed by atoms with Gasteiger partial charge in [0.1, 0.15) is 23.9 Å². The molecule has 11 heteroatoms. The Hall–Kier alpha value is -2.27. The molecule has 0 aromatic heterocycles. The minimum Gasteiger partial charge on any atom is -0.507 e. The van der Waals surface area contributed by atoms with E-state index in [9.17, 15) is 29.4 Å². The molecule has 37 heavy (non-hydrogen) atoms. The van der Waals surface area contributed by atoms with Gasteiger partial charge in [0.05, 0.1) is 5.56 Å². The Balaban J connectivity index is 1.86. The van der Waals surface area contributed by atoms with Gasteiger partial charge in [0.2, 0.25) is 11.8 Å². The van der Waals surface area contributed by atoms with Crippen LogP contribution >= 0.6 is 27.7 Å². The van der Waals surface area contributed by atoms with Gasteiger partial charge in [0.15, 0.2) is 0 Å². The number of carbonyl (C=O) groups excluding carboxylic acids is 3. The van der Waals surface area contributed by atoms with Crippen LogP contribution in [0, 0.1) is 11.8 Å². The topological polar surface area (TPSA) is 136 Å². The summed E-state index contributed by atoms with van der Waals surface area (Å²) in [5, 5.41) is 25.2. The summed E-state index contributed by atoms with van der Waals surface area (Å²) in [5.74, 6) is -2.26. The normalized spacial score (nSPS) is 22.7. The summed E-state index contributed by atoms with van der Waals surface area (Å²) in [6.45, 7) is 3.63. The molecular weight excluding hydrogens is 562 g/mol. The molecule has 2 fully saturated rings. The fraction of sp³-hybridized carbons (Fsp3) is 0.615. The number of rotatable bonds is 10. The Labute approximate surface area is 230 Å². The van der Waals surface area contributed by atoms with E-state index in [4.69, 9.17) is 0 Å². The van der Waals surface area contributed by atoms with Crippen molar-refractivity contribution in [3.8, 4) is 5.75 Å². The van der Waals surface area contributed by atoms with Crippen LogP contribution in [-0.2, 0) is 14.4 Å². The van der Waals surface area contributed by atoms with Crippen molar-refractivity contribution in [2.45, 2.75) is 76.5 Å². The number of carbonyl (C=O) groups is 4. The number of hydrogen-bond donors (Lipinski definition) is 4. The summed E-state index contributed by atoms with van der Waals surface area (Å²) in [4.78, 5) is 53.8. The van der Waals surface area contributed by atoms with E-state index in [1.165, 1.54) is 23.9 Å². The Bertz CT molecular complexity index is 1020. The molecule has 5 atom stereocenters. The van der Waals surface area contributed by atoms with Crippen molar-refractivity contribution in [1.29, 1.82) is 0 Å². The van der Waals surface area contributed by atoms with Gasteiger partial charge in [-0.25, -0.2) is 4.79 Å². The van der Waals surface area contributed by atoms with E-state index in [1.807, 2.05) is 20.1 Å². The molecule has 1 aromatic rings. The second kappa shape index (κ2) is 13.0. The fourth-order valence-electron chi connectivity index (χ4n) is 5.36. The van der Waals surface area contributed by atoms with Crippen molar-refractivity contribution in [3.63, 3.8) is 0 Å². The van der Waals surface area contributed by atoms with E-state index < -0.39 is 35.9 Å². The van der Waals surface area contributed by atoms with Crippen molar-refractivity contribution in [2.75, 3.05) is 12.0 Å². The molecule has 1 aromatic carbocycles. The minimum atomic E-state index is -1.10. The summed E-state index contributed by atoms with van der Waals surface area (Å²) >= 11 is 4.80. The third-order valence-electron chi connectivity index (χ3n) is 7.29. The average Bonchev–Trinajstić information content (AvgIpc) is 3.25. The first kappa shape index (κ1) is 29.3. The number of aliphatic carboxylic acids is 1. The van der Waals surface area contributed by atoms with Gasteiger partial charge in [-0.15, -0.1) is 0 Å². The smallest absolute Gasteiger partial charge is 0.326 e. The summed E-state index contributed by atoms with van der Waals surface area (Å²) in [6, 6.07) is 1.61. The first-order chi connectivity index (χ1) is 17.5. The molecule has 0 radical (unpaired) electrons. The number of amides is 3. The number of aromatic hydroxyl groups is 1. The van der Waals surface area contributed by atoms with Gasteiger partial charge in [-0.2, -0.15) is 11.8 Å². The third kappa shape index (κ3) is 6.98. The molecule has 2 aliphatic rings. The summed E-state index contributed by atoms with van der Waals surface area (Å²) in [5.41, 5.74) is 0.0391. The maximum atomic E-state index is 14.0. The van der Waals surface area contributed by atoms with Crippen LogP contribution in [0.2, 0.25) is 0 Å². The van der Waals surface area contributed by atoms with Crippen LogP contribution in [0.5, 0.6) is 5.75 Å². The lowest BCUT2D eigenvalue weighted by atomic mass is 9.84. The van der Waals surface area contributed by atoms with Crippen LogP contribution in [0.15, 0.2) is 22.7 Å². The molecule has 0 spiro atoms. The molecule has 1 aliphatic carbocycles. The molecule has 4 N–H and O–H groups in total. The predicted octanol–water partition coefficient (Wildman–Crippen LogP) is 3.39. The lowest BCUT2D eigenvalue weighted by molar-refractivity contribution is -0.145. The second-order valence-corrected chi connectivity index (χ2v) is 12.0. The van der Waals surface area contributed by atoms with Gasteiger partial charge < -0.3 is 25.7 Å². The van der Waals surface area contributed by atoms with E-state index in [1.54, 1.807) is 11.0 Å². The number of fused-ring (bicyclic) bond motifs is 1. The van der Waals surface area contributed by atoms with Gasteiger partial charge in [-0.3, -0.25) is 14.4 Å². The first-order valence-corrected chi connectivity index (χ1v) is 14.9. The quantitative estimate of drug-likeness (QED) is 0.324. The van der Waals surface area contributed by atoms with Gasteiger partial charge in [-0.05, 0) is 67.7 Å². The number of phenolic OH excluding ortho intramolecular Hbond substituents is 1. The van der Waals surface area contributed by atoms with Crippen molar-refractivity contribution in [1.82, 2.24) is 15.5 Å². The molecule has 1 aliphatic heterocycles. The van der Waals surface area contributed by atoms with Crippen LogP contribution in [0.1, 0.15) is 62.7 Å². The van der Waals surface area contributed by atoms with E-state index >= 15 is 0 Å². The van der Waals surface area contributed by atoms with Gasteiger partial charge in [-0.1, -0.05) is 42.6 Å². The molecule has 0 bridgehead atoms. The summed E-state index contributed by atoms with van der Waals surface area (Å²) in [6.07, 6.45) is 6.26. The van der Waals surface area contributed by atoms with Crippen LogP contribution in [-0.4, -0.2) is 75.0 Å². The lowest BCUT2D eigenvalue weighted by Crippen LogP contribution is -2.58. The molecular formula is C26H36BrN3O6S. The van der Waals surface area contributed by atoms with Crippen molar-refractivity contribution < 1.29 is 29.4 Å². The van der Waals surface area contributed by atoms with Crippen LogP contribution in [0.3, 0.4) is 0 Å². The molecule has 9 nitrogen and oxygen atoms in total. The molecule has 3 amide bonds. The number of nitrogens with zero attached hydrogens (tertiary/aromatic N) is 1. The Morgan fingerprint density at radius 1 is 1.16 bits per heavy atom. The van der Waals surface area contributed by atoms with Crippen LogP contribution in [0.4, 0.5) is 0 Å². The summed E-state index contributed by atoms with van der Waals surface area (Å²) < 4.78 is 0.610. The van der Waals surface area contributed by atoms with Gasteiger partial charge in [0, 0.05) is 10.5 Å². The SMILES string of the molecule is CSCC[C@H](NC(=O)[C@@H]1C[C@@H]2CCCC[C@@H]2N1C(=O)[C@@H](NC(=O)c1cc(Br)ccc1O)C(C)C)C(=O)O. The van der Waals surface area contributed by atoms with Crippen LogP contribution in [0.25, 0.3) is 0 Å². The van der Waals surface area contributed by atoms with Gasteiger partial charge >= 0.3 is 5.97 Å². The second-order valence-electron chi connectivity index (χ2n) is 10.1. The molecule has 1 heterocycles. The standard InChI is InChI=1S/C26H36BrN3O6S/c1-14(2)22(29-23(32)17-13-16(27)8-9-21(17)31)25(34)30-19-7-5-4-6-15(19)12-20(30)24(33)28-18(26(35)36)10-11-37-3/h8-9,13-15,18-20,22,31H,4-7,10-12H2,1-3H3,(H,28,33)(H,29,32)(H,35,36)/t15-,18-,19-,20-,22-/m0/s1. The Morgan fingerprint density at radius 3 is 2.51 bits per heavy atom. The highest BCUT2D eigenvalue weighted by Crippen LogP contribution is 2.40. The number of halogens is 1. The highest BCUT2D eigenvalue weighted by Gasteiger charge is 2.49. The van der Waals surface area contributed by atoms with Crippen molar-refractivity contribution >= 4 is 51.4 Å². The maximum absolute atomic E-state index is 14.0. The third-order valence-corrected chi connectivity index (χ3v) is 8.43. The number of likely N-dealkylation sites (tertiary alicyclic amines) is 1. The first-order valence-electron chi connectivity index (χ1n) is 12.7. The Kier molecular flexibility index (Phi) is 10.3. The zero-order valence-corrected chi connectivity index (χ0v) is 23.8. The highest BCUT2D eigenvalue weighted by atomic mass is 79.9. The van der Waals surface area contributed by atoms with Crippen molar-refractivity contribution in [2.24, 2.45) is 11.8 Å². The number of carboxylic acids is 1. The van der Waals surface area contributed by atoms with Crippen LogP contribution < -0.4 is 10.6 Å². The Morgan fingerprint density at radius 2 is 1.86 bits per heavy atom. The monoisotopic (exact) mass is 597 g/mol. The summed E-state index contributed by atoms with van der Waals surface area (Å²) in [7, 11) is 0. The number of carboxylic acid groups (broad SMARTS) is 1. The molecule has 1 saturated carbocycles. The number of benzene rings is 1. The maximum Gasteiger partial charge on any atom is 0.326 e. The number of nitrogens with one attached hydrogen (secondary N) is 2. The van der Waals surface area contributed by atoms with E-state index in [0.717, 1.165) is 25.7 Å². The zero-order chi connectivity index (χ0) is 27.3. The number of thioether (sulfide) groups is 1.